The molecule has 6 nitrogen and oxygen atoms in total. The first-order chi connectivity index (χ1) is 14.0. The third-order valence-electron chi connectivity index (χ3n) is 5.07. The summed E-state index contributed by atoms with van der Waals surface area (Å²) in [6.07, 6.45) is 3.24. The third-order valence-corrected chi connectivity index (χ3v) is 5.07. The molecule has 3 rings (SSSR count). The van der Waals surface area contributed by atoms with Gasteiger partial charge in [-0.2, -0.15) is 0 Å². The Labute approximate surface area is 171 Å². The normalized spacial score (nSPS) is 16.2. The number of hydrogen-bond donors (Lipinski definition) is 2. The van der Waals surface area contributed by atoms with Gasteiger partial charge in [-0.05, 0) is 55.5 Å². The minimum atomic E-state index is -0.418. The Morgan fingerprint density at radius 3 is 2.41 bits per heavy atom. The number of carbonyl (C=O) groups excluding carboxylic acids is 3. The van der Waals surface area contributed by atoms with Crippen molar-refractivity contribution in [2.24, 2.45) is 0 Å². The van der Waals surface area contributed by atoms with E-state index in [4.69, 9.17) is 0 Å². The Morgan fingerprint density at radius 2 is 1.72 bits per heavy atom. The van der Waals surface area contributed by atoms with Crippen molar-refractivity contribution in [2.45, 2.75) is 38.6 Å². The molecule has 0 aromatic heterocycles. The minimum Gasteiger partial charge on any atom is -0.354 e. The highest BCUT2D eigenvalue weighted by Crippen LogP contribution is 2.20. The van der Waals surface area contributed by atoms with E-state index < -0.39 is 6.04 Å². The lowest BCUT2D eigenvalue weighted by molar-refractivity contribution is -0.126. The van der Waals surface area contributed by atoms with Crippen molar-refractivity contribution in [3.05, 3.63) is 65.7 Å². The first kappa shape index (κ1) is 20.6. The molecule has 3 amide bonds. The Hall–Kier alpha value is -3.15. The van der Waals surface area contributed by atoms with Crippen LogP contribution in [0.5, 0.6) is 0 Å². The van der Waals surface area contributed by atoms with Gasteiger partial charge in [0.2, 0.25) is 11.8 Å². The lowest BCUT2D eigenvalue weighted by atomic mass is 10.00. The molecular formula is C23H27N3O3. The Bertz CT molecular complexity index is 849. The molecule has 29 heavy (non-hydrogen) atoms. The summed E-state index contributed by atoms with van der Waals surface area (Å²) in [6.45, 7) is 2.58. The fraction of sp³-hybridized carbons (Fsp3) is 0.348. The molecule has 1 aliphatic heterocycles. The lowest BCUT2D eigenvalue weighted by Gasteiger charge is -2.34. The number of nitrogens with zero attached hydrogens (tertiary/aromatic N) is 1. The van der Waals surface area contributed by atoms with Crippen LogP contribution < -0.4 is 10.6 Å². The highest BCUT2D eigenvalue weighted by Gasteiger charge is 2.32. The minimum absolute atomic E-state index is 0.0842. The molecule has 152 valence electrons. The molecule has 1 unspecified atom stereocenters. The summed E-state index contributed by atoms with van der Waals surface area (Å²) < 4.78 is 0. The maximum atomic E-state index is 12.8. The molecule has 0 aliphatic carbocycles. The first-order valence-corrected chi connectivity index (χ1v) is 10.0. The Kier molecular flexibility index (Phi) is 7.00. The number of carbonyl (C=O) groups is 3. The van der Waals surface area contributed by atoms with Gasteiger partial charge in [0.25, 0.3) is 5.91 Å². The van der Waals surface area contributed by atoms with Crippen LogP contribution in [0, 0.1) is 0 Å². The number of rotatable bonds is 6. The topological polar surface area (TPSA) is 78.5 Å². The van der Waals surface area contributed by atoms with Gasteiger partial charge in [0, 0.05) is 31.3 Å². The maximum absolute atomic E-state index is 12.8. The molecule has 2 aromatic rings. The van der Waals surface area contributed by atoms with E-state index >= 15 is 0 Å². The van der Waals surface area contributed by atoms with E-state index in [1.54, 1.807) is 17.0 Å². The van der Waals surface area contributed by atoms with Crippen molar-refractivity contribution < 1.29 is 14.4 Å². The molecule has 2 aromatic carbocycles. The molecule has 0 radical (unpaired) electrons. The average molecular weight is 393 g/mol. The van der Waals surface area contributed by atoms with Gasteiger partial charge in [0.15, 0.2) is 0 Å². The Morgan fingerprint density at radius 1 is 1.00 bits per heavy atom. The van der Waals surface area contributed by atoms with Gasteiger partial charge >= 0.3 is 0 Å². The zero-order valence-electron chi connectivity index (χ0n) is 16.7. The van der Waals surface area contributed by atoms with Gasteiger partial charge in [-0.15, -0.1) is 0 Å². The standard InChI is InChI=1S/C23H27N3O3/c1-17(27)25-20-12-10-18(11-13-20)14-15-24-22(28)21-9-5-6-16-26(21)23(29)19-7-3-2-4-8-19/h2-4,7-8,10-13,21H,5-6,9,14-16H2,1H3,(H,24,28)(H,25,27). The second-order valence-electron chi connectivity index (χ2n) is 7.30. The van der Waals surface area contributed by atoms with Gasteiger partial charge in [0.05, 0.1) is 0 Å². The molecule has 2 N–H and O–H groups in total. The number of hydrogen-bond acceptors (Lipinski definition) is 3. The number of likely N-dealkylation sites (tertiary alicyclic amines) is 1. The van der Waals surface area contributed by atoms with Crippen LogP contribution >= 0.6 is 0 Å². The monoisotopic (exact) mass is 393 g/mol. The molecule has 0 saturated carbocycles. The number of amides is 3. The summed E-state index contributed by atoms with van der Waals surface area (Å²) in [6, 6.07) is 16.3. The summed E-state index contributed by atoms with van der Waals surface area (Å²) >= 11 is 0. The van der Waals surface area contributed by atoms with Crippen molar-refractivity contribution in [1.29, 1.82) is 0 Å². The van der Waals surface area contributed by atoms with Gasteiger partial charge < -0.3 is 15.5 Å². The van der Waals surface area contributed by atoms with Gasteiger partial charge in [-0.25, -0.2) is 0 Å². The van der Waals surface area contributed by atoms with Crippen LogP contribution in [0.15, 0.2) is 54.6 Å². The number of nitrogens with one attached hydrogen (secondary N) is 2. The Balaban J connectivity index is 1.54. The molecule has 1 atom stereocenters. The fourth-order valence-corrected chi connectivity index (χ4v) is 3.60. The number of piperidine rings is 1. The van der Waals surface area contributed by atoms with E-state index in [1.165, 1.54) is 6.92 Å². The van der Waals surface area contributed by atoms with Crippen LogP contribution in [-0.4, -0.2) is 41.8 Å². The van der Waals surface area contributed by atoms with Gasteiger partial charge in [0.1, 0.15) is 6.04 Å². The van der Waals surface area contributed by atoms with E-state index in [2.05, 4.69) is 10.6 Å². The molecule has 1 fully saturated rings. The SMILES string of the molecule is CC(=O)Nc1ccc(CCNC(=O)C2CCCCN2C(=O)c2ccccc2)cc1. The van der Waals surface area contributed by atoms with Gasteiger partial charge in [-0.1, -0.05) is 30.3 Å². The van der Waals surface area contributed by atoms with Crippen LogP contribution in [0.1, 0.15) is 42.1 Å². The van der Waals surface area contributed by atoms with E-state index in [0.717, 1.165) is 24.1 Å². The van der Waals surface area contributed by atoms with Crippen molar-refractivity contribution >= 4 is 23.4 Å². The van der Waals surface area contributed by atoms with E-state index in [1.807, 2.05) is 42.5 Å². The van der Waals surface area contributed by atoms with Crippen molar-refractivity contribution in [2.75, 3.05) is 18.4 Å². The van der Waals surface area contributed by atoms with Crippen LogP contribution in [0.25, 0.3) is 0 Å². The van der Waals surface area contributed by atoms with Crippen molar-refractivity contribution in [3.8, 4) is 0 Å². The first-order valence-electron chi connectivity index (χ1n) is 10.0. The van der Waals surface area contributed by atoms with Crippen LogP contribution in [0.3, 0.4) is 0 Å². The fourth-order valence-electron chi connectivity index (χ4n) is 3.60. The number of anilines is 1. The van der Waals surface area contributed by atoms with Gasteiger partial charge in [-0.3, -0.25) is 14.4 Å². The third kappa shape index (κ3) is 5.67. The summed E-state index contributed by atoms with van der Waals surface area (Å²) in [4.78, 5) is 38.4. The predicted molar refractivity (Wildman–Crippen MR) is 113 cm³/mol. The molecule has 0 bridgehead atoms. The second kappa shape index (κ2) is 9.87. The average Bonchev–Trinajstić information content (AvgIpc) is 2.74. The quantitative estimate of drug-likeness (QED) is 0.792. The van der Waals surface area contributed by atoms with Crippen LogP contribution in [0.2, 0.25) is 0 Å². The molecular weight excluding hydrogens is 366 g/mol. The summed E-state index contributed by atoms with van der Waals surface area (Å²) in [5.74, 6) is -0.282. The highest BCUT2D eigenvalue weighted by molar-refractivity contribution is 5.97. The van der Waals surface area contributed by atoms with Crippen LogP contribution in [0.4, 0.5) is 5.69 Å². The van der Waals surface area contributed by atoms with E-state index in [-0.39, 0.29) is 17.7 Å². The molecule has 6 heteroatoms. The van der Waals surface area contributed by atoms with E-state index in [0.29, 0.717) is 31.5 Å². The summed E-state index contributed by atoms with van der Waals surface area (Å²) in [5, 5.41) is 5.71. The molecule has 1 aliphatic rings. The maximum Gasteiger partial charge on any atom is 0.254 e. The second-order valence-corrected chi connectivity index (χ2v) is 7.30. The highest BCUT2D eigenvalue weighted by atomic mass is 16.2. The zero-order chi connectivity index (χ0) is 20.6. The van der Waals surface area contributed by atoms with E-state index in [9.17, 15) is 14.4 Å². The lowest BCUT2D eigenvalue weighted by Crippen LogP contribution is -2.52. The molecule has 1 heterocycles. The summed E-state index contributed by atoms with van der Waals surface area (Å²) in [5.41, 5.74) is 2.44. The molecule has 1 saturated heterocycles. The van der Waals surface area contributed by atoms with Crippen molar-refractivity contribution in [3.63, 3.8) is 0 Å². The smallest absolute Gasteiger partial charge is 0.254 e. The summed E-state index contributed by atoms with van der Waals surface area (Å²) in [7, 11) is 0. The number of benzene rings is 2. The van der Waals surface area contributed by atoms with Crippen molar-refractivity contribution in [1.82, 2.24) is 10.2 Å². The molecule has 0 spiro atoms. The zero-order valence-corrected chi connectivity index (χ0v) is 16.7. The van der Waals surface area contributed by atoms with Crippen LogP contribution in [-0.2, 0) is 16.0 Å². The predicted octanol–water partition coefficient (Wildman–Crippen LogP) is 3.00. The largest absolute Gasteiger partial charge is 0.354 e.